The molecule has 3 rings (SSSR count). The first-order chi connectivity index (χ1) is 14.9. The Morgan fingerprint density at radius 1 is 1.23 bits per heavy atom. The van der Waals surface area contributed by atoms with Gasteiger partial charge < -0.3 is 9.30 Å². The third kappa shape index (κ3) is 5.43. The minimum atomic E-state index is -3.82. The molecule has 0 saturated carbocycles. The second-order valence-corrected chi connectivity index (χ2v) is 10.0. The number of methoxy groups -OCH3 is 1. The molecule has 0 aliphatic heterocycles. The molecule has 0 unspecified atom stereocenters. The van der Waals surface area contributed by atoms with Gasteiger partial charge in [-0.2, -0.15) is 4.99 Å². The normalized spacial score (nSPS) is 12.1. The minimum Gasteiger partial charge on any atom is -0.497 e. The summed E-state index contributed by atoms with van der Waals surface area (Å²) in [5.41, 5.74) is 2.09. The number of rotatable bonds is 8. The molecule has 3 aromatic rings. The number of aromatic nitrogens is 1. The first kappa shape index (κ1) is 22.8. The molecule has 1 aromatic heterocycles. The van der Waals surface area contributed by atoms with E-state index >= 15 is 0 Å². The summed E-state index contributed by atoms with van der Waals surface area (Å²) in [7, 11) is -2.33. The zero-order valence-electron chi connectivity index (χ0n) is 17.5. The minimum absolute atomic E-state index is 0.0465. The molecule has 8 heteroatoms. The van der Waals surface area contributed by atoms with E-state index in [0.29, 0.717) is 10.6 Å². The Balaban J connectivity index is 1.93. The Labute approximate surface area is 186 Å². The maximum Gasteiger partial charge on any atom is 0.263 e. The summed E-state index contributed by atoms with van der Waals surface area (Å²) in [5.74, 6) is 1.66. The van der Waals surface area contributed by atoms with Crippen molar-refractivity contribution in [2.45, 2.75) is 37.6 Å². The Morgan fingerprint density at radius 2 is 1.97 bits per heavy atom. The van der Waals surface area contributed by atoms with Crippen LogP contribution in [-0.4, -0.2) is 31.8 Å². The Bertz CT molecular complexity index is 1290. The van der Waals surface area contributed by atoms with Gasteiger partial charge in [0.2, 0.25) is 0 Å². The lowest BCUT2D eigenvalue weighted by Crippen LogP contribution is -2.20. The van der Waals surface area contributed by atoms with Crippen molar-refractivity contribution in [1.29, 1.82) is 0 Å². The van der Waals surface area contributed by atoms with E-state index in [0.717, 1.165) is 29.5 Å². The fourth-order valence-electron chi connectivity index (χ4n) is 3.15. The standard InChI is InChI=1S/C23H24N2O4S2/c1-4-6-7-17-8-13-20-21(15-17)30-23(25(20)14-5-2)24-22(26)16-31(27,28)19-11-9-18(29-3)10-12-19/h2,8-13,15H,4,6-7,14,16H2,1,3H3. The number of carbonyl (C=O) groups is 1. The van der Waals surface area contributed by atoms with Crippen LogP contribution in [0.2, 0.25) is 0 Å². The highest BCUT2D eigenvalue weighted by Gasteiger charge is 2.19. The molecule has 0 bridgehead atoms. The van der Waals surface area contributed by atoms with Gasteiger partial charge in [0.25, 0.3) is 5.91 Å². The van der Waals surface area contributed by atoms with Gasteiger partial charge in [-0.15, -0.1) is 6.42 Å². The van der Waals surface area contributed by atoms with Crippen molar-refractivity contribution >= 4 is 37.3 Å². The SMILES string of the molecule is C#CCn1c(=NC(=O)CS(=O)(=O)c2ccc(OC)cc2)sc2cc(CCCC)ccc21. The van der Waals surface area contributed by atoms with Gasteiger partial charge in [-0.25, -0.2) is 8.42 Å². The molecular formula is C23H24N2O4S2. The molecule has 0 saturated heterocycles. The highest BCUT2D eigenvalue weighted by Crippen LogP contribution is 2.21. The number of benzene rings is 2. The van der Waals surface area contributed by atoms with Gasteiger partial charge >= 0.3 is 0 Å². The van der Waals surface area contributed by atoms with Crippen LogP contribution in [0.4, 0.5) is 0 Å². The summed E-state index contributed by atoms with van der Waals surface area (Å²) in [6.45, 7) is 2.39. The lowest BCUT2D eigenvalue weighted by Gasteiger charge is -2.04. The Morgan fingerprint density at radius 3 is 2.61 bits per heavy atom. The predicted molar refractivity (Wildman–Crippen MR) is 123 cm³/mol. The van der Waals surface area contributed by atoms with Crippen LogP contribution in [0.5, 0.6) is 5.75 Å². The van der Waals surface area contributed by atoms with E-state index in [2.05, 4.69) is 30.0 Å². The molecule has 6 nitrogen and oxygen atoms in total. The molecule has 0 radical (unpaired) electrons. The molecule has 2 aromatic carbocycles. The van der Waals surface area contributed by atoms with Crippen LogP contribution >= 0.6 is 11.3 Å². The second kappa shape index (κ2) is 9.94. The number of hydrogen-bond acceptors (Lipinski definition) is 5. The van der Waals surface area contributed by atoms with Crippen molar-refractivity contribution in [3.05, 3.63) is 52.8 Å². The zero-order valence-corrected chi connectivity index (χ0v) is 19.1. The van der Waals surface area contributed by atoms with E-state index in [4.69, 9.17) is 11.2 Å². The highest BCUT2D eigenvalue weighted by atomic mass is 32.2. The lowest BCUT2D eigenvalue weighted by atomic mass is 10.1. The summed E-state index contributed by atoms with van der Waals surface area (Å²) in [4.78, 5) is 17.1. The Kier molecular flexibility index (Phi) is 7.31. The third-order valence-corrected chi connectivity index (χ3v) is 7.43. The summed E-state index contributed by atoms with van der Waals surface area (Å²) < 4.78 is 33.0. The average Bonchev–Trinajstić information content (AvgIpc) is 3.08. The highest BCUT2D eigenvalue weighted by molar-refractivity contribution is 7.92. The van der Waals surface area contributed by atoms with E-state index in [1.807, 2.05) is 6.07 Å². The van der Waals surface area contributed by atoms with Crippen LogP contribution in [0.15, 0.2) is 52.4 Å². The van der Waals surface area contributed by atoms with E-state index in [1.54, 1.807) is 4.57 Å². The van der Waals surface area contributed by atoms with E-state index < -0.39 is 21.5 Å². The second-order valence-electron chi connectivity index (χ2n) is 7.02. The van der Waals surface area contributed by atoms with Gasteiger partial charge in [0.1, 0.15) is 11.5 Å². The molecule has 0 atom stereocenters. The van der Waals surface area contributed by atoms with Crippen LogP contribution in [0.1, 0.15) is 25.3 Å². The number of nitrogens with zero attached hydrogens (tertiary/aromatic N) is 2. The fourth-order valence-corrected chi connectivity index (χ4v) is 5.37. The van der Waals surface area contributed by atoms with Gasteiger partial charge in [0.15, 0.2) is 14.6 Å². The average molecular weight is 457 g/mol. The number of sulfone groups is 1. The number of carbonyl (C=O) groups excluding carboxylic acids is 1. The van der Waals surface area contributed by atoms with E-state index in [-0.39, 0.29) is 11.4 Å². The van der Waals surface area contributed by atoms with Gasteiger partial charge in [-0.05, 0) is 54.8 Å². The first-order valence-electron chi connectivity index (χ1n) is 9.88. The smallest absolute Gasteiger partial charge is 0.263 e. The quantitative estimate of drug-likeness (QED) is 0.486. The Hall–Kier alpha value is -2.89. The van der Waals surface area contributed by atoms with Crippen LogP contribution in [0.3, 0.4) is 0 Å². The van der Waals surface area contributed by atoms with Gasteiger partial charge in [0, 0.05) is 0 Å². The van der Waals surface area contributed by atoms with Gasteiger partial charge in [0.05, 0.1) is 28.8 Å². The number of unbranched alkanes of at least 4 members (excludes halogenated alkanes) is 1. The maximum absolute atomic E-state index is 12.6. The van der Waals surface area contributed by atoms with Crippen LogP contribution < -0.4 is 9.54 Å². The number of amides is 1. The van der Waals surface area contributed by atoms with Crippen molar-refractivity contribution in [2.75, 3.05) is 12.9 Å². The molecular weight excluding hydrogens is 432 g/mol. The van der Waals surface area contributed by atoms with Crippen molar-refractivity contribution in [3.8, 4) is 18.1 Å². The summed E-state index contributed by atoms with van der Waals surface area (Å²) in [5, 5.41) is 0. The number of terminal acetylenes is 1. The molecule has 162 valence electrons. The van der Waals surface area contributed by atoms with Crippen molar-refractivity contribution in [3.63, 3.8) is 0 Å². The third-order valence-electron chi connectivity index (χ3n) is 4.77. The van der Waals surface area contributed by atoms with Crippen LogP contribution in [0, 0.1) is 12.3 Å². The molecule has 31 heavy (non-hydrogen) atoms. The van der Waals surface area contributed by atoms with E-state index in [9.17, 15) is 13.2 Å². The molecule has 0 fully saturated rings. The number of fused-ring (bicyclic) bond motifs is 1. The molecule has 0 aliphatic rings. The molecule has 0 spiro atoms. The predicted octanol–water partition coefficient (Wildman–Crippen LogP) is 3.59. The number of hydrogen-bond donors (Lipinski definition) is 0. The number of ether oxygens (including phenoxy) is 1. The first-order valence-corrected chi connectivity index (χ1v) is 12.3. The monoisotopic (exact) mass is 456 g/mol. The molecule has 0 aliphatic carbocycles. The lowest BCUT2D eigenvalue weighted by molar-refractivity contribution is -0.115. The fraction of sp³-hybridized carbons (Fsp3) is 0.304. The summed E-state index contributed by atoms with van der Waals surface area (Å²) >= 11 is 1.34. The molecule has 1 amide bonds. The topological polar surface area (TPSA) is 77.7 Å². The van der Waals surface area contributed by atoms with Gasteiger partial charge in [-0.1, -0.05) is 36.7 Å². The van der Waals surface area contributed by atoms with Gasteiger partial charge in [-0.3, -0.25) is 4.79 Å². The van der Waals surface area contributed by atoms with Crippen LogP contribution in [-0.2, 0) is 27.6 Å². The van der Waals surface area contributed by atoms with Crippen molar-refractivity contribution in [2.24, 2.45) is 4.99 Å². The molecule has 0 N–H and O–H groups in total. The van der Waals surface area contributed by atoms with Crippen molar-refractivity contribution < 1.29 is 17.9 Å². The largest absolute Gasteiger partial charge is 0.497 e. The number of aryl methyl sites for hydroxylation is 1. The van der Waals surface area contributed by atoms with E-state index in [1.165, 1.54) is 48.3 Å². The summed E-state index contributed by atoms with van der Waals surface area (Å²) in [6.07, 6.45) is 8.69. The molecule has 1 heterocycles. The van der Waals surface area contributed by atoms with Crippen molar-refractivity contribution in [1.82, 2.24) is 4.57 Å². The number of thiazole rings is 1. The van der Waals surface area contributed by atoms with Crippen LogP contribution in [0.25, 0.3) is 10.2 Å². The zero-order chi connectivity index (χ0) is 22.4. The maximum atomic E-state index is 12.6. The summed E-state index contributed by atoms with van der Waals surface area (Å²) in [6, 6.07) is 12.0.